The molecular formula is C76H91N3O7. The van der Waals surface area contributed by atoms with Crippen LogP contribution < -0.4 is 15.8 Å². The van der Waals surface area contributed by atoms with E-state index in [0.29, 0.717) is 43.8 Å². The zero-order valence-electron chi connectivity index (χ0n) is 50.8. The number of ether oxygens (including phenoxy) is 2. The van der Waals surface area contributed by atoms with Crippen molar-refractivity contribution in [2.24, 2.45) is 68.4 Å². The lowest BCUT2D eigenvalue weighted by Crippen LogP contribution is -2.63. The van der Waals surface area contributed by atoms with Gasteiger partial charge in [-0.2, -0.15) is 0 Å². The molecular weight excluding hydrogens is 1070 g/mol. The molecule has 14 atom stereocenters. The van der Waals surface area contributed by atoms with Crippen molar-refractivity contribution in [3.63, 3.8) is 0 Å². The molecule has 0 amide bonds. The van der Waals surface area contributed by atoms with Gasteiger partial charge in [0.25, 0.3) is 0 Å². The van der Waals surface area contributed by atoms with Crippen molar-refractivity contribution in [2.75, 3.05) is 19.8 Å². The molecule has 86 heavy (non-hydrogen) atoms. The molecule has 13 aliphatic rings. The fourth-order valence-electron chi connectivity index (χ4n) is 22.7. The van der Waals surface area contributed by atoms with E-state index in [9.17, 15) is 20.4 Å². The largest absolute Gasteiger partial charge is 0.508 e. The van der Waals surface area contributed by atoms with Crippen molar-refractivity contribution < 1.29 is 34.7 Å². The Labute approximate surface area is 509 Å². The molecule has 6 saturated carbocycles. The van der Waals surface area contributed by atoms with E-state index >= 15 is 4.79 Å². The maximum absolute atomic E-state index is 16.0. The van der Waals surface area contributed by atoms with Crippen LogP contribution in [0.4, 0.5) is 0 Å². The topological polar surface area (TPSA) is 167 Å². The number of aromatic hydroxyl groups is 2. The number of allylic oxidation sites excluding steroid dienone is 6. The van der Waals surface area contributed by atoms with E-state index in [-0.39, 0.29) is 114 Å². The number of nitrogens with two attached hydrogens (primary N) is 1. The smallest absolute Gasteiger partial charge is 0.189 e. The van der Waals surface area contributed by atoms with Crippen molar-refractivity contribution >= 4 is 11.7 Å². The Morgan fingerprint density at radius 2 is 1.69 bits per heavy atom. The number of aliphatic imine (C=N–C) groups is 1. The predicted octanol–water partition coefficient (Wildman–Crippen LogP) is 13.5. The molecule has 14 bridgehead atoms. The van der Waals surface area contributed by atoms with E-state index < -0.39 is 21.8 Å². The lowest BCUT2D eigenvalue weighted by atomic mass is 9.37. The SMILES string of the molecule is C[C@H]1C[C@]23C[C@@H]4[C@H](OCCC45CCCC5)[C@@H]4[C@@H]5C=C2[C@@]2(/C=C/[C@H]6C[C@@H]7C[C@]8(CO)C=CCC[C@@H]8C(CO)=C7C(=O)C[C@H]6c6cc(OC7CCCC7)c(O)c(c6C#CC[C@@H](C5)N=C(N)NC5(CCCCC5)c5cccc(c5)Cc5cc(O)cc2c5)[C@@H]43)C1. The molecule has 3 aromatic carbocycles. The molecule has 10 nitrogen and oxygen atoms in total. The number of carbonyl (C=O) groups is 1. The number of aliphatic hydroxyl groups excluding tert-OH is 2. The van der Waals surface area contributed by atoms with Crippen LogP contribution in [0.3, 0.4) is 0 Å². The number of nitrogens with one attached hydrogen (secondary N) is 1. The van der Waals surface area contributed by atoms with E-state index in [2.05, 4.69) is 96.9 Å². The van der Waals surface area contributed by atoms with Gasteiger partial charge in [-0.3, -0.25) is 4.79 Å². The van der Waals surface area contributed by atoms with Gasteiger partial charge in [-0.15, -0.1) is 0 Å². The normalized spacial score (nSPS) is 38.3. The molecule has 7 N–H and O–H groups in total. The molecule has 2 heterocycles. The van der Waals surface area contributed by atoms with E-state index in [0.717, 1.165) is 135 Å². The summed E-state index contributed by atoms with van der Waals surface area (Å²) < 4.78 is 14.9. The summed E-state index contributed by atoms with van der Waals surface area (Å²) in [4.78, 5) is 21.7. The maximum atomic E-state index is 16.0. The summed E-state index contributed by atoms with van der Waals surface area (Å²) in [5, 5.41) is 53.7. The number of fused-ring (bicyclic) bond motifs is 12. The number of phenols is 2. The van der Waals surface area contributed by atoms with Crippen LogP contribution in [0.2, 0.25) is 0 Å². The molecule has 3 spiro atoms. The second-order valence-corrected chi connectivity index (χ2v) is 30.4. The van der Waals surface area contributed by atoms with Gasteiger partial charge in [0.2, 0.25) is 0 Å². The molecule has 0 radical (unpaired) electrons. The van der Waals surface area contributed by atoms with Crippen LogP contribution in [0.25, 0.3) is 0 Å². The minimum Gasteiger partial charge on any atom is -0.508 e. The third-order valence-electron chi connectivity index (χ3n) is 25.9. The Morgan fingerprint density at radius 1 is 0.860 bits per heavy atom. The van der Waals surface area contributed by atoms with Gasteiger partial charge in [0.1, 0.15) is 5.75 Å². The maximum Gasteiger partial charge on any atom is 0.189 e. The monoisotopic (exact) mass is 1160 g/mol. The fourth-order valence-corrected chi connectivity index (χ4v) is 22.7. The number of phenolic OH excluding ortho intramolecular Hbond substituents is 2. The number of guanidine groups is 1. The molecule has 7 fully saturated rings. The summed E-state index contributed by atoms with van der Waals surface area (Å²) in [6.07, 6.45) is 34.9. The van der Waals surface area contributed by atoms with E-state index in [1.807, 2.05) is 6.07 Å². The van der Waals surface area contributed by atoms with Crippen LogP contribution >= 0.6 is 0 Å². The molecule has 1 saturated heterocycles. The molecule has 0 unspecified atom stereocenters. The summed E-state index contributed by atoms with van der Waals surface area (Å²) in [6.45, 7) is 2.93. The Hall–Kier alpha value is -5.60. The lowest BCUT2D eigenvalue weighted by molar-refractivity contribution is -0.190. The van der Waals surface area contributed by atoms with Crippen LogP contribution in [0.5, 0.6) is 17.2 Å². The number of aliphatic hydroxyl groups is 2. The highest BCUT2D eigenvalue weighted by atomic mass is 16.5. The quantitative estimate of drug-likeness (QED) is 0.110. The van der Waals surface area contributed by atoms with Crippen molar-refractivity contribution in [2.45, 2.75) is 208 Å². The minimum absolute atomic E-state index is 0.0443. The molecule has 452 valence electrons. The van der Waals surface area contributed by atoms with Gasteiger partial charge in [-0.25, -0.2) is 4.99 Å². The highest BCUT2D eigenvalue weighted by molar-refractivity contribution is 5.98. The zero-order valence-corrected chi connectivity index (χ0v) is 50.8. The second kappa shape index (κ2) is 21.0. The third-order valence-corrected chi connectivity index (χ3v) is 25.9. The zero-order chi connectivity index (χ0) is 58.3. The number of benzene rings is 3. The number of carbonyl (C=O) groups excluding carboxylic acids is 1. The number of hydrogen-bond donors (Lipinski definition) is 6. The predicted molar refractivity (Wildman–Crippen MR) is 335 cm³/mol. The molecule has 11 aliphatic carbocycles. The molecule has 3 aromatic rings. The lowest BCUT2D eigenvalue weighted by Gasteiger charge is -2.68. The highest BCUT2D eigenvalue weighted by Gasteiger charge is 2.69. The summed E-state index contributed by atoms with van der Waals surface area (Å²) in [5.74, 6) is 8.54. The first kappa shape index (κ1) is 55.7. The van der Waals surface area contributed by atoms with Crippen LogP contribution in [0.15, 0.2) is 101 Å². The van der Waals surface area contributed by atoms with Gasteiger partial charge in [0.05, 0.1) is 37.0 Å². The van der Waals surface area contributed by atoms with Crippen LogP contribution in [-0.2, 0) is 26.9 Å². The van der Waals surface area contributed by atoms with Crippen molar-refractivity contribution in [3.05, 3.63) is 135 Å². The van der Waals surface area contributed by atoms with Gasteiger partial charge in [-0.1, -0.05) is 117 Å². The number of rotatable bonds is 4. The third kappa shape index (κ3) is 8.62. The highest BCUT2D eigenvalue weighted by Crippen LogP contribution is 2.76. The Kier molecular flexibility index (Phi) is 13.6. The van der Waals surface area contributed by atoms with Crippen molar-refractivity contribution in [1.82, 2.24) is 5.32 Å². The Balaban J connectivity index is 1.02. The van der Waals surface area contributed by atoms with Gasteiger partial charge < -0.3 is 41.0 Å². The molecule has 2 aliphatic heterocycles. The van der Waals surface area contributed by atoms with Gasteiger partial charge in [0, 0.05) is 58.3 Å². The fraction of sp³-hybridized carbons (Fsp3) is 0.605. The van der Waals surface area contributed by atoms with Crippen LogP contribution in [0.1, 0.15) is 212 Å². The van der Waals surface area contributed by atoms with Crippen molar-refractivity contribution in [3.8, 4) is 29.1 Å². The molecule has 16 rings (SSSR count). The van der Waals surface area contributed by atoms with E-state index in [1.54, 1.807) is 0 Å². The number of ketones is 1. The number of nitrogens with zero attached hydrogens (tertiary/aromatic N) is 1. The number of hydrogen-bond acceptors (Lipinski definition) is 10. The van der Waals surface area contributed by atoms with E-state index in [1.165, 1.54) is 48.8 Å². The minimum atomic E-state index is -0.725. The van der Waals surface area contributed by atoms with Gasteiger partial charge in [-0.05, 0) is 220 Å². The first-order valence-corrected chi connectivity index (χ1v) is 34.1. The number of Topliss-reactive ketones (excluding diaryl/α,β-unsaturated/α-hetero) is 1. The Morgan fingerprint density at radius 3 is 2.51 bits per heavy atom. The van der Waals surface area contributed by atoms with Gasteiger partial charge >= 0.3 is 0 Å². The average molecular weight is 1160 g/mol. The first-order chi connectivity index (χ1) is 41.8. The molecule has 10 heteroatoms. The van der Waals surface area contributed by atoms with E-state index in [4.69, 9.17) is 20.2 Å². The first-order valence-electron chi connectivity index (χ1n) is 34.1. The van der Waals surface area contributed by atoms with Crippen molar-refractivity contribution in [1.29, 1.82) is 0 Å². The van der Waals surface area contributed by atoms with Crippen LogP contribution in [0, 0.1) is 69.5 Å². The summed E-state index contributed by atoms with van der Waals surface area (Å²) >= 11 is 0. The summed E-state index contributed by atoms with van der Waals surface area (Å²) in [6, 6.07) is 17.5. The Bertz CT molecular complexity index is 3470. The summed E-state index contributed by atoms with van der Waals surface area (Å²) in [7, 11) is 0. The standard InChI is InChI=1S/C76H91N3O7/c1-45-39-74-26-20-48-33-50-41-73(44-81)23-8-5-19-60(73)59(43-80)65(50)62(83)37-57(48)58-38-63(86-55-16-3-4-17-55)69(84)67-56(58)18-12-15-53(34-49-35-64(74)75(40-45)42-61-70(66(49)68(67)75)85-28-27-72(61)21-9-10-22-72)78-71(77)79-76(24-6-2-7-25-76)51-14-11-13-46(30-51)29-47-31-52(74)36-54(82)32-47/h8,11,13-14,20,23,26,30-32,35-36,38,45,48-50,53,55,57,60-61,66,68,70,80-82,84H,2-7,9-10,15-17,19,21-22,24-25,27-29,33-34,37,39-44H2,1H3,(H3,77,78,79)/b26-20+/t45-,48+,49+,50-,53+,57-,60-,61-,66-,68-,70+,73+,74+,75+/m1/s1. The summed E-state index contributed by atoms with van der Waals surface area (Å²) in [5.41, 5.74) is 15.7. The molecule has 0 aromatic heterocycles. The average Bonchev–Trinajstić information content (AvgIpc) is 1.15. The van der Waals surface area contributed by atoms with Gasteiger partial charge in [0.15, 0.2) is 23.2 Å². The second-order valence-electron chi connectivity index (χ2n) is 30.4. The van der Waals surface area contributed by atoms with Crippen LogP contribution in [-0.4, -0.2) is 70.2 Å².